The van der Waals surface area contributed by atoms with E-state index in [0.717, 1.165) is 5.69 Å². The van der Waals surface area contributed by atoms with Gasteiger partial charge in [-0.05, 0) is 44.2 Å². The minimum absolute atomic E-state index is 0.180. The Morgan fingerprint density at radius 2 is 1.79 bits per heavy atom. The minimum atomic E-state index is -0.266. The van der Waals surface area contributed by atoms with E-state index in [1.807, 2.05) is 6.92 Å². The summed E-state index contributed by atoms with van der Waals surface area (Å²) in [4.78, 5) is 29.8. The molecule has 4 rings (SSSR count). The van der Waals surface area contributed by atoms with Crippen molar-refractivity contribution in [2.45, 2.75) is 20.4 Å². The summed E-state index contributed by atoms with van der Waals surface area (Å²) in [6.07, 6.45) is 1.68. The normalized spacial score (nSPS) is 14.7. The summed E-state index contributed by atoms with van der Waals surface area (Å²) in [5.74, 6) is 0.0190. The second-order valence-corrected chi connectivity index (χ2v) is 6.94. The van der Waals surface area contributed by atoms with Gasteiger partial charge in [0, 0.05) is 44.6 Å². The molecule has 6 nitrogen and oxygen atoms in total. The number of pyridine rings is 1. The zero-order chi connectivity index (χ0) is 19.8. The minimum Gasteiger partial charge on any atom is -0.460 e. The quantitative estimate of drug-likeness (QED) is 0.698. The Kier molecular flexibility index (Phi) is 4.66. The molecule has 3 heterocycles. The topological polar surface area (TPSA) is 58.7 Å². The van der Waals surface area contributed by atoms with Gasteiger partial charge < -0.3 is 18.8 Å². The van der Waals surface area contributed by atoms with E-state index in [4.69, 9.17) is 4.42 Å². The Balaban J connectivity index is 1.58. The van der Waals surface area contributed by atoms with Crippen molar-refractivity contribution in [2.24, 2.45) is 0 Å². The van der Waals surface area contributed by atoms with E-state index in [1.165, 1.54) is 12.1 Å². The van der Waals surface area contributed by atoms with Crippen molar-refractivity contribution >= 4 is 22.6 Å². The number of nitrogens with zero attached hydrogens (tertiary/aromatic N) is 3. The Morgan fingerprint density at radius 1 is 1.11 bits per heavy atom. The molecule has 0 atom stereocenters. The molecular formula is C21H22FN3O3. The summed E-state index contributed by atoms with van der Waals surface area (Å²) in [6, 6.07) is 8.09. The predicted octanol–water partition coefficient (Wildman–Crippen LogP) is 3.02. The van der Waals surface area contributed by atoms with Crippen LogP contribution in [-0.2, 0) is 6.54 Å². The summed E-state index contributed by atoms with van der Waals surface area (Å²) >= 11 is 0. The van der Waals surface area contributed by atoms with Crippen LogP contribution in [0.4, 0.5) is 10.1 Å². The zero-order valence-electron chi connectivity index (χ0n) is 15.9. The van der Waals surface area contributed by atoms with Crippen LogP contribution in [0.1, 0.15) is 23.0 Å². The fourth-order valence-corrected chi connectivity index (χ4v) is 3.75. The number of rotatable bonds is 3. The highest BCUT2D eigenvalue weighted by atomic mass is 19.1. The maximum absolute atomic E-state index is 13.2. The summed E-state index contributed by atoms with van der Waals surface area (Å²) in [7, 11) is 0. The van der Waals surface area contributed by atoms with Crippen LogP contribution in [-0.4, -0.2) is 41.6 Å². The summed E-state index contributed by atoms with van der Waals surface area (Å²) in [6.45, 7) is 6.47. The SMILES string of the molecule is CCn1ccc2oc(C)c(C(=O)N3CCN(c4ccc(F)cc4)CC3)c2c1=O. The number of aryl methyl sites for hydroxylation is 2. The third-order valence-electron chi connectivity index (χ3n) is 5.31. The van der Waals surface area contributed by atoms with Gasteiger partial charge in [-0.2, -0.15) is 0 Å². The van der Waals surface area contributed by atoms with Crippen LogP contribution in [0.15, 0.2) is 45.7 Å². The molecule has 146 valence electrons. The highest BCUT2D eigenvalue weighted by Crippen LogP contribution is 2.25. The van der Waals surface area contributed by atoms with Crippen LogP contribution in [0, 0.1) is 12.7 Å². The lowest BCUT2D eigenvalue weighted by molar-refractivity contribution is 0.0746. The molecule has 1 saturated heterocycles. The third-order valence-corrected chi connectivity index (χ3v) is 5.31. The number of furan rings is 1. The van der Waals surface area contributed by atoms with Crippen molar-refractivity contribution in [1.29, 1.82) is 0 Å². The van der Waals surface area contributed by atoms with E-state index >= 15 is 0 Å². The zero-order valence-corrected chi connectivity index (χ0v) is 15.9. The van der Waals surface area contributed by atoms with Crippen molar-refractivity contribution in [1.82, 2.24) is 9.47 Å². The Labute approximate surface area is 161 Å². The van der Waals surface area contributed by atoms with Gasteiger partial charge in [0.25, 0.3) is 11.5 Å². The molecule has 1 aliphatic heterocycles. The van der Waals surface area contributed by atoms with Crippen LogP contribution in [0.25, 0.3) is 11.0 Å². The smallest absolute Gasteiger partial charge is 0.262 e. The number of halogens is 1. The van der Waals surface area contributed by atoms with Gasteiger partial charge in [0.05, 0.1) is 10.9 Å². The van der Waals surface area contributed by atoms with Crippen LogP contribution in [0.2, 0.25) is 0 Å². The van der Waals surface area contributed by atoms with Gasteiger partial charge in [-0.3, -0.25) is 9.59 Å². The molecule has 0 saturated carbocycles. The Bertz CT molecular complexity index is 1080. The number of benzene rings is 1. The fraction of sp³-hybridized carbons (Fsp3) is 0.333. The maximum Gasteiger partial charge on any atom is 0.262 e. The number of aromatic nitrogens is 1. The van der Waals surface area contributed by atoms with E-state index in [2.05, 4.69) is 4.90 Å². The first-order valence-electron chi connectivity index (χ1n) is 9.42. The number of carbonyl (C=O) groups excluding carboxylic acids is 1. The van der Waals surface area contributed by atoms with Gasteiger partial charge in [-0.1, -0.05) is 0 Å². The molecule has 0 spiro atoms. The largest absolute Gasteiger partial charge is 0.460 e. The molecule has 0 aliphatic carbocycles. The Hall–Kier alpha value is -3.09. The van der Waals surface area contributed by atoms with Gasteiger partial charge in [-0.15, -0.1) is 0 Å². The molecule has 0 N–H and O–H groups in total. The lowest BCUT2D eigenvalue weighted by Gasteiger charge is -2.36. The average Bonchev–Trinajstić information content (AvgIpc) is 3.05. The van der Waals surface area contributed by atoms with E-state index in [0.29, 0.717) is 55.0 Å². The summed E-state index contributed by atoms with van der Waals surface area (Å²) in [5.41, 5.74) is 1.54. The average molecular weight is 383 g/mol. The first kappa shape index (κ1) is 18.3. The van der Waals surface area contributed by atoms with E-state index in [9.17, 15) is 14.0 Å². The summed E-state index contributed by atoms with van der Waals surface area (Å²) in [5, 5.41) is 0.354. The predicted molar refractivity (Wildman–Crippen MR) is 105 cm³/mol. The lowest BCUT2D eigenvalue weighted by Crippen LogP contribution is -2.49. The molecule has 0 radical (unpaired) electrons. The number of anilines is 1. The van der Waals surface area contributed by atoms with Crippen LogP contribution in [0.5, 0.6) is 0 Å². The molecule has 7 heteroatoms. The van der Waals surface area contributed by atoms with Crippen LogP contribution >= 0.6 is 0 Å². The molecule has 0 bridgehead atoms. The Morgan fingerprint density at radius 3 is 2.43 bits per heavy atom. The molecule has 1 fully saturated rings. The van der Waals surface area contributed by atoms with Crippen LogP contribution in [0.3, 0.4) is 0 Å². The van der Waals surface area contributed by atoms with Gasteiger partial charge >= 0.3 is 0 Å². The third kappa shape index (κ3) is 3.06. The standard InChI is InChI=1S/C21H22FN3O3/c1-3-23-9-8-17-19(21(23)27)18(14(2)28-17)20(26)25-12-10-24(11-13-25)16-6-4-15(22)5-7-16/h4-9H,3,10-13H2,1-2H3. The number of hydrogen-bond acceptors (Lipinski definition) is 4. The van der Waals surface area contributed by atoms with Crippen molar-refractivity contribution in [3.63, 3.8) is 0 Å². The molecule has 1 aliphatic rings. The molecule has 0 unspecified atom stereocenters. The number of fused-ring (bicyclic) bond motifs is 1. The van der Waals surface area contributed by atoms with Gasteiger partial charge in [0.1, 0.15) is 17.2 Å². The molecule has 1 aromatic carbocycles. The van der Waals surface area contributed by atoms with E-state index < -0.39 is 0 Å². The first-order valence-corrected chi connectivity index (χ1v) is 9.42. The molecule has 28 heavy (non-hydrogen) atoms. The van der Waals surface area contributed by atoms with Gasteiger partial charge in [0.15, 0.2) is 0 Å². The monoisotopic (exact) mass is 383 g/mol. The van der Waals surface area contributed by atoms with Crippen molar-refractivity contribution in [2.75, 3.05) is 31.1 Å². The number of carbonyl (C=O) groups is 1. The number of amides is 1. The molecule has 2 aromatic heterocycles. The summed E-state index contributed by atoms with van der Waals surface area (Å²) < 4.78 is 20.4. The van der Waals surface area contributed by atoms with Gasteiger partial charge in [0.2, 0.25) is 0 Å². The molecule has 1 amide bonds. The van der Waals surface area contributed by atoms with E-state index in [-0.39, 0.29) is 17.3 Å². The molecule has 3 aromatic rings. The van der Waals surface area contributed by atoms with Crippen molar-refractivity contribution < 1.29 is 13.6 Å². The van der Waals surface area contributed by atoms with Gasteiger partial charge in [-0.25, -0.2) is 4.39 Å². The highest BCUT2D eigenvalue weighted by molar-refractivity contribution is 6.07. The number of piperazine rings is 1. The van der Waals surface area contributed by atoms with Crippen molar-refractivity contribution in [3.05, 3.63) is 64.0 Å². The lowest BCUT2D eigenvalue weighted by atomic mass is 10.1. The maximum atomic E-state index is 13.2. The molecular weight excluding hydrogens is 361 g/mol. The van der Waals surface area contributed by atoms with Crippen molar-refractivity contribution in [3.8, 4) is 0 Å². The van der Waals surface area contributed by atoms with Crippen LogP contribution < -0.4 is 10.5 Å². The number of hydrogen-bond donors (Lipinski definition) is 0. The fourth-order valence-electron chi connectivity index (χ4n) is 3.75. The second kappa shape index (κ2) is 7.14. The van der Waals surface area contributed by atoms with E-state index in [1.54, 1.807) is 40.8 Å². The highest BCUT2D eigenvalue weighted by Gasteiger charge is 2.28. The first-order chi connectivity index (χ1) is 13.5. The second-order valence-electron chi connectivity index (χ2n) is 6.94.